The van der Waals surface area contributed by atoms with Gasteiger partial charge in [-0.25, -0.2) is 0 Å². The zero-order valence-electron chi connectivity index (χ0n) is 12.1. The molecule has 0 radical (unpaired) electrons. The number of hydrogen-bond acceptors (Lipinski definition) is 3. The highest BCUT2D eigenvalue weighted by Gasteiger charge is 2.33. The third kappa shape index (κ3) is 2.62. The number of nitro groups is 1. The molecule has 110 valence electrons. The zero-order chi connectivity index (χ0) is 14.8. The van der Waals surface area contributed by atoms with Crippen molar-refractivity contribution in [2.24, 2.45) is 5.41 Å². The minimum atomic E-state index is -0.754. The summed E-state index contributed by atoms with van der Waals surface area (Å²) in [6, 6.07) is 4.33. The smallest absolute Gasteiger partial charge is 0.327 e. The molecule has 1 aliphatic heterocycles. The summed E-state index contributed by atoms with van der Waals surface area (Å²) in [6.45, 7) is 5.91. The molecule has 5 heteroatoms. The summed E-state index contributed by atoms with van der Waals surface area (Å²) < 4.78 is 13.7. The lowest BCUT2D eigenvalue weighted by Gasteiger charge is -2.41. The van der Waals surface area contributed by atoms with E-state index in [4.69, 9.17) is 0 Å². The number of halogens is 1. The third-order valence-electron chi connectivity index (χ3n) is 4.81. The molecular weight excluding hydrogens is 259 g/mol. The maximum absolute atomic E-state index is 13.7. The number of rotatable bonds is 4. The predicted octanol–water partition coefficient (Wildman–Crippen LogP) is 4.14. The Kier molecular flexibility index (Phi) is 4.26. The number of para-hydroxylation sites is 1. The van der Waals surface area contributed by atoms with Crippen LogP contribution in [0.15, 0.2) is 18.2 Å². The Balaban J connectivity index is 2.23. The van der Waals surface area contributed by atoms with Gasteiger partial charge in [0.15, 0.2) is 0 Å². The number of nitrogens with zero attached hydrogens (tertiary/aromatic N) is 2. The van der Waals surface area contributed by atoms with Gasteiger partial charge in [0, 0.05) is 13.1 Å². The molecule has 1 aromatic carbocycles. The molecule has 0 N–H and O–H groups in total. The van der Waals surface area contributed by atoms with E-state index in [1.165, 1.54) is 0 Å². The molecule has 20 heavy (non-hydrogen) atoms. The first-order valence-corrected chi connectivity index (χ1v) is 7.21. The van der Waals surface area contributed by atoms with Gasteiger partial charge in [-0.1, -0.05) is 32.8 Å². The van der Waals surface area contributed by atoms with E-state index in [0.29, 0.717) is 11.1 Å². The van der Waals surface area contributed by atoms with Gasteiger partial charge >= 0.3 is 5.69 Å². The summed E-state index contributed by atoms with van der Waals surface area (Å²) in [5.41, 5.74) is 0.363. The molecule has 1 aliphatic rings. The summed E-state index contributed by atoms with van der Waals surface area (Å²) in [5.74, 6) is -0.754. The Morgan fingerprint density at radius 3 is 2.40 bits per heavy atom. The first-order chi connectivity index (χ1) is 9.53. The van der Waals surface area contributed by atoms with Crippen LogP contribution in [0.4, 0.5) is 15.8 Å². The minimum Gasteiger partial charge on any atom is -0.366 e. The van der Waals surface area contributed by atoms with E-state index in [9.17, 15) is 14.5 Å². The van der Waals surface area contributed by atoms with E-state index in [-0.39, 0.29) is 0 Å². The van der Waals surface area contributed by atoms with Gasteiger partial charge in [-0.15, -0.1) is 0 Å². The van der Waals surface area contributed by atoms with E-state index >= 15 is 0 Å². The molecule has 0 unspecified atom stereocenters. The Bertz CT molecular complexity index is 491. The molecule has 0 aromatic heterocycles. The number of nitro benzene ring substituents is 1. The van der Waals surface area contributed by atoms with Crippen molar-refractivity contribution in [1.82, 2.24) is 0 Å². The second-order valence-corrected chi connectivity index (χ2v) is 5.56. The molecule has 0 bridgehead atoms. The van der Waals surface area contributed by atoms with Crippen LogP contribution in [0.1, 0.15) is 39.5 Å². The van der Waals surface area contributed by atoms with E-state index in [0.717, 1.165) is 44.8 Å². The summed E-state index contributed by atoms with van der Waals surface area (Å²) in [4.78, 5) is 12.4. The normalized spacial score (nSPS) is 18.1. The summed E-state index contributed by atoms with van der Waals surface area (Å²) in [7, 11) is 0. The van der Waals surface area contributed by atoms with Gasteiger partial charge in [0.05, 0.1) is 4.92 Å². The van der Waals surface area contributed by atoms with Gasteiger partial charge < -0.3 is 4.90 Å². The van der Waals surface area contributed by atoms with Crippen LogP contribution in [0, 0.1) is 21.3 Å². The number of piperidine rings is 1. The maximum Gasteiger partial charge on any atom is 0.327 e. The number of hydrogen-bond donors (Lipinski definition) is 0. The molecule has 2 rings (SSSR count). The van der Waals surface area contributed by atoms with Gasteiger partial charge in [-0.3, -0.25) is 10.1 Å². The first-order valence-electron chi connectivity index (χ1n) is 7.21. The van der Waals surface area contributed by atoms with Crippen molar-refractivity contribution in [1.29, 1.82) is 0 Å². The van der Waals surface area contributed by atoms with E-state index in [1.807, 2.05) is 4.90 Å². The molecule has 0 amide bonds. The molecule has 0 aliphatic carbocycles. The van der Waals surface area contributed by atoms with Crippen molar-refractivity contribution in [3.05, 3.63) is 34.1 Å². The fourth-order valence-corrected chi connectivity index (χ4v) is 3.12. The van der Waals surface area contributed by atoms with Gasteiger partial charge in [0.1, 0.15) is 5.69 Å². The summed E-state index contributed by atoms with van der Waals surface area (Å²) >= 11 is 0. The van der Waals surface area contributed by atoms with Crippen LogP contribution < -0.4 is 4.90 Å². The topological polar surface area (TPSA) is 46.4 Å². The molecule has 0 atom stereocenters. The Hall–Kier alpha value is -1.65. The zero-order valence-corrected chi connectivity index (χ0v) is 12.1. The molecule has 1 aromatic rings. The van der Waals surface area contributed by atoms with E-state index < -0.39 is 16.4 Å². The molecular formula is C15H21FN2O2. The molecule has 1 fully saturated rings. The fraction of sp³-hybridized carbons (Fsp3) is 0.600. The highest BCUT2D eigenvalue weighted by molar-refractivity contribution is 5.64. The highest BCUT2D eigenvalue weighted by Crippen LogP contribution is 2.41. The lowest BCUT2D eigenvalue weighted by atomic mass is 9.74. The van der Waals surface area contributed by atoms with Crippen molar-refractivity contribution in [3.63, 3.8) is 0 Å². The average molecular weight is 280 g/mol. The van der Waals surface area contributed by atoms with Crippen molar-refractivity contribution < 1.29 is 9.31 Å². The quantitative estimate of drug-likeness (QED) is 0.615. The Morgan fingerprint density at radius 2 is 1.90 bits per heavy atom. The average Bonchev–Trinajstić information content (AvgIpc) is 2.46. The van der Waals surface area contributed by atoms with Gasteiger partial charge in [-0.05, 0) is 30.4 Å². The van der Waals surface area contributed by atoms with Crippen LogP contribution in [0.25, 0.3) is 0 Å². The first kappa shape index (κ1) is 14.8. The van der Waals surface area contributed by atoms with Crippen molar-refractivity contribution >= 4 is 11.4 Å². The van der Waals surface area contributed by atoms with E-state index in [2.05, 4.69) is 13.8 Å². The number of anilines is 1. The molecule has 4 nitrogen and oxygen atoms in total. The van der Waals surface area contributed by atoms with Crippen LogP contribution >= 0.6 is 0 Å². The van der Waals surface area contributed by atoms with Crippen molar-refractivity contribution in [2.45, 2.75) is 39.5 Å². The highest BCUT2D eigenvalue weighted by atomic mass is 19.1. The second kappa shape index (κ2) is 5.77. The molecule has 0 spiro atoms. The molecule has 0 saturated carbocycles. The summed E-state index contributed by atoms with van der Waals surface area (Å²) in [6.07, 6.45) is 4.27. The van der Waals surface area contributed by atoms with Crippen LogP contribution in [0.5, 0.6) is 0 Å². The Labute approximate surface area is 118 Å². The third-order valence-corrected chi connectivity index (χ3v) is 4.81. The summed E-state index contributed by atoms with van der Waals surface area (Å²) in [5, 5.41) is 11.1. The maximum atomic E-state index is 13.7. The fourth-order valence-electron chi connectivity index (χ4n) is 3.12. The minimum absolute atomic E-state index is 0.346. The Morgan fingerprint density at radius 1 is 1.30 bits per heavy atom. The monoisotopic (exact) mass is 280 g/mol. The SMILES string of the molecule is CCC1(CC)CCN(c2cccc(F)c2[N+](=O)[O-])CC1. The lowest BCUT2D eigenvalue weighted by Crippen LogP contribution is -2.39. The van der Waals surface area contributed by atoms with Gasteiger partial charge in [-0.2, -0.15) is 4.39 Å². The molecule has 1 saturated heterocycles. The van der Waals surface area contributed by atoms with Gasteiger partial charge in [0.25, 0.3) is 0 Å². The lowest BCUT2D eigenvalue weighted by molar-refractivity contribution is -0.386. The largest absolute Gasteiger partial charge is 0.366 e. The van der Waals surface area contributed by atoms with Crippen LogP contribution in [0.3, 0.4) is 0 Å². The van der Waals surface area contributed by atoms with E-state index in [1.54, 1.807) is 12.1 Å². The standard InChI is InChI=1S/C15H21FN2O2/c1-3-15(4-2)8-10-17(11-9-15)13-7-5-6-12(16)14(13)18(19)20/h5-7H,3-4,8-11H2,1-2H3. The molecule has 1 heterocycles. The number of benzene rings is 1. The van der Waals surface area contributed by atoms with Gasteiger partial charge in [0.2, 0.25) is 5.82 Å². The van der Waals surface area contributed by atoms with Crippen molar-refractivity contribution in [3.8, 4) is 0 Å². The van der Waals surface area contributed by atoms with Crippen molar-refractivity contribution in [2.75, 3.05) is 18.0 Å². The van der Waals surface area contributed by atoms with Crippen LogP contribution in [-0.2, 0) is 0 Å². The predicted molar refractivity (Wildman–Crippen MR) is 77.5 cm³/mol. The second-order valence-electron chi connectivity index (χ2n) is 5.56. The van der Waals surface area contributed by atoms with Crippen LogP contribution in [-0.4, -0.2) is 18.0 Å². The van der Waals surface area contributed by atoms with Crippen LogP contribution in [0.2, 0.25) is 0 Å².